The predicted octanol–water partition coefficient (Wildman–Crippen LogP) is 3.04. The minimum atomic E-state index is -4.11. The molecule has 3 rings (SSSR count). The Kier molecular flexibility index (Phi) is 6.79. The van der Waals surface area contributed by atoms with Gasteiger partial charge in [0, 0.05) is 0 Å². The zero-order valence-electron chi connectivity index (χ0n) is 17.4. The molecule has 0 unspecified atom stereocenters. The Bertz CT molecular complexity index is 1180. The summed E-state index contributed by atoms with van der Waals surface area (Å²) < 4.78 is 46.2. The van der Waals surface area contributed by atoms with Gasteiger partial charge in [0.05, 0.1) is 22.2 Å². The first-order valence-electron chi connectivity index (χ1n) is 9.93. The van der Waals surface area contributed by atoms with Crippen LogP contribution in [0.3, 0.4) is 0 Å². The third kappa shape index (κ3) is 5.23. The number of halogens is 1. The number of para-hydroxylation sites is 1. The number of amides is 1. The Balaban J connectivity index is 1.70. The van der Waals surface area contributed by atoms with E-state index in [1.807, 2.05) is 0 Å². The number of hydrogen-bond acceptors (Lipinski definition) is 6. The number of carbonyl (C=O) groups excluding carboxylic acids is 2. The van der Waals surface area contributed by atoms with Crippen LogP contribution in [-0.2, 0) is 19.6 Å². The summed E-state index contributed by atoms with van der Waals surface area (Å²) in [4.78, 5) is 24.5. The fourth-order valence-corrected chi connectivity index (χ4v) is 4.66. The van der Waals surface area contributed by atoms with Crippen molar-refractivity contribution in [3.8, 4) is 6.07 Å². The number of nitrogens with one attached hydrogen (secondary N) is 2. The molecule has 8 nitrogen and oxygen atoms in total. The molecule has 0 heterocycles. The molecule has 2 aromatic carbocycles. The van der Waals surface area contributed by atoms with Gasteiger partial charge in [-0.05, 0) is 68.5 Å². The number of esters is 1. The number of hydrogen-bond donors (Lipinski definition) is 2. The highest BCUT2D eigenvalue weighted by molar-refractivity contribution is 7.92. The van der Waals surface area contributed by atoms with Gasteiger partial charge in [0.25, 0.3) is 15.9 Å². The molecule has 0 saturated heterocycles. The van der Waals surface area contributed by atoms with E-state index in [1.54, 1.807) is 0 Å². The monoisotopic (exact) mass is 459 g/mol. The smallest absolute Gasteiger partial charge is 0.340 e. The first kappa shape index (κ1) is 23.2. The van der Waals surface area contributed by atoms with Gasteiger partial charge in [0.2, 0.25) is 0 Å². The van der Waals surface area contributed by atoms with Crippen molar-refractivity contribution < 1.29 is 27.1 Å². The summed E-state index contributed by atoms with van der Waals surface area (Å²) >= 11 is 0. The van der Waals surface area contributed by atoms with Crippen LogP contribution in [0.15, 0.2) is 47.4 Å². The fraction of sp³-hybridized carbons (Fsp3) is 0.318. The Hall–Kier alpha value is -3.45. The Morgan fingerprint density at radius 3 is 2.53 bits per heavy atom. The van der Waals surface area contributed by atoms with Crippen LogP contribution in [0.4, 0.5) is 10.1 Å². The number of carbonyl (C=O) groups is 2. The first-order chi connectivity index (χ1) is 15.2. The van der Waals surface area contributed by atoms with Crippen LogP contribution in [0.25, 0.3) is 0 Å². The van der Waals surface area contributed by atoms with E-state index in [0.29, 0.717) is 12.8 Å². The van der Waals surface area contributed by atoms with E-state index < -0.39 is 39.9 Å². The van der Waals surface area contributed by atoms with E-state index in [-0.39, 0.29) is 21.7 Å². The van der Waals surface area contributed by atoms with Crippen LogP contribution in [-0.4, -0.2) is 32.4 Å². The van der Waals surface area contributed by atoms with E-state index in [9.17, 15) is 27.7 Å². The summed E-state index contributed by atoms with van der Waals surface area (Å²) in [6, 6.07) is 11.2. The van der Waals surface area contributed by atoms with Crippen molar-refractivity contribution in [1.82, 2.24) is 5.32 Å². The van der Waals surface area contributed by atoms with Crippen LogP contribution < -0.4 is 10.0 Å². The largest absolute Gasteiger partial charge is 0.452 e. The number of sulfonamides is 1. The van der Waals surface area contributed by atoms with Crippen LogP contribution in [0.1, 0.15) is 41.6 Å². The maximum atomic E-state index is 13.5. The van der Waals surface area contributed by atoms with Crippen molar-refractivity contribution in [2.45, 2.75) is 43.0 Å². The Morgan fingerprint density at radius 1 is 1.19 bits per heavy atom. The lowest BCUT2D eigenvalue weighted by molar-refractivity contribution is -0.125. The van der Waals surface area contributed by atoms with Crippen LogP contribution in [0, 0.1) is 24.1 Å². The van der Waals surface area contributed by atoms with Crippen LogP contribution in [0.2, 0.25) is 0 Å². The van der Waals surface area contributed by atoms with Gasteiger partial charge in [0.1, 0.15) is 11.4 Å². The van der Waals surface area contributed by atoms with Gasteiger partial charge in [-0.2, -0.15) is 5.26 Å². The van der Waals surface area contributed by atoms with E-state index in [1.165, 1.54) is 37.3 Å². The molecule has 0 spiro atoms. The van der Waals surface area contributed by atoms with Gasteiger partial charge in [-0.15, -0.1) is 0 Å². The summed E-state index contributed by atoms with van der Waals surface area (Å²) in [5.74, 6) is -2.06. The van der Waals surface area contributed by atoms with Crippen molar-refractivity contribution in [2.75, 3.05) is 11.3 Å². The summed E-state index contributed by atoms with van der Waals surface area (Å²) in [5.41, 5.74) is -0.934. The molecule has 0 aromatic heterocycles. The molecule has 2 N–H and O–H groups in total. The second-order valence-electron chi connectivity index (χ2n) is 7.59. The number of anilines is 1. The number of benzene rings is 2. The highest BCUT2D eigenvalue weighted by Gasteiger charge is 2.35. The molecule has 1 aliphatic rings. The van der Waals surface area contributed by atoms with Gasteiger partial charge in [-0.25, -0.2) is 17.6 Å². The highest BCUT2D eigenvalue weighted by atomic mass is 32.2. The van der Waals surface area contributed by atoms with Gasteiger partial charge in [-0.1, -0.05) is 12.1 Å². The molecule has 1 aliphatic carbocycles. The average molecular weight is 459 g/mol. The molecule has 168 valence electrons. The molecule has 0 atom stereocenters. The molecule has 0 aliphatic heterocycles. The SMILES string of the molecule is Cc1cc(S(=O)(=O)Nc2ccccc2C(=O)OCC(=O)NC2(C#N)CCCC2)ccc1F. The summed E-state index contributed by atoms with van der Waals surface area (Å²) in [5, 5.41) is 11.9. The van der Waals surface area contributed by atoms with Crippen LogP contribution in [0.5, 0.6) is 0 Å². The molecule has 32 heavy (non-hydrogen) atoms. The quantitative estimate of drug-likeness (QED) is 0.613. The molecule has 1 amide bonds. The van der Waals surface area contributed by atoms with Gasteiger partial charge < -0.3 is 10.1 Å². The average Bonchev–Trinajstić information content (AvgIpc) is 3.23. The molecular weight excluding hydrogens is 437 g/mol. The summed E-state index contributed by atoms with van der Waals surface area (Å²) in [7, 11) is -4.11. The van der Waals surface area contributed by atoms with Crippen molar-refractivity contribution in [3.05, 3.63) is 59.4 Å². The molecular formula is C22H22FN3O5S. The molecule has 2 aromatic rings. The lowest BCUT2D eigenvalue weighted by atomic mass is 10.00. The zero-order valence-corrected chi connectivity index (χ0v) is 18.2. The lowest BCUT2D eigenvalue weighted by Crippen LogP contribution is -2.46. The zero-order chi connectivity index (χ0) is 23.4. The number of aryl methyl sites for hydroxylation is 1. The lowest BCUT2D eigenvalue weighted by Gasteiger charge is -2.21. The number of nitriles is 1. The molecule has 1 fully saturated rings. The topological polar surface area (TPSA) is 125 Å². The van der Waals surface area contributed by atoms with Crippen LogP contribution >= 0.6 is 0 Å². The summed E-state index contributed by atoms with van der Waals surface area (Å²) in [6.45, 7) is 0.827. The van der Waals surface area contributed by atoms with Crippen molar-refractivity contribution >= 4 is 27.6 Å². The maximum absolute atomic E-state index is 13.5. The molecule has 0 bridgehead atoms. The first-order valence-corrected chi connectivity index (χ1v) is 11.4. The van der Waals surface area contributed by atoms with Gasteiger partial charge in [-0.3, -0.25) is 9.52 Å². The molecule has 10 heteroatoms. The minimum absolute atomic E-state index is 0.0517. The number of nitrogens with zero attached hydrogens (tertiary/aromatic N) is 1. The van der Waals surface area contributed by atoms with E-state index >= 15 is 0 Å². The highest BCUT2D eigenvalue weighted by Crippen LogP contribution is 2.29. The number of rotatable bonds is 7. The third-order valence-corrected chi connectivity index (χ3v) is 6.58. The van der Waals surface area contributed by atoms with Crippen molar-refractivity contribution in [2.24, 2.45) is 0 Å². The second kappa shape index (κ2) is 9.36. The Labute approximate surface area is 185 Å². The minimum Gasteiger partial charge on any atom is -0.452 e. The van der Waals surface area contributed by atoms with E-state index in [0.717, 1.165) is 25.0 Å². The van der Waals surface area contributed by atoms with E-state index in [4.69, 9.17) is 4.74 Å². The fourth-order valence-electron chi connectivity index (χ4n) is 3.49. The standard InChI is InChI=1S/C22H22FN3O5S/c1-15-12-16(8-9-18(15)23)32(29,30)26-19-7-3-2-6-17(19)21(28)31-13-20(27)25-22(14-24)10-4-5-11-22/h2-3,6-9,12,26H,4-5,10-11,13H2,1H3,(H,25,27). The normalized spacial score (nSPS) is 14.9. The molecule has 1 saturated carbocycles. The predicted molar refractivity (Wildman–Crippen MR) is 114 cm³/mol. The maximum Gasteiger partial charge on any atom is 0.340 e. The summed E-state index contributed by atoms with van der Waals surface area (Å²) in [6.07, 6.45) is 2.73. The molecule has 0 radical (unpaired) electrons. The Morgan fingerprint density at radius 2 is 1.88 bits per heavy atom. The van der Waals surface area contributed by atoms with Crippen molar-refractivity contribution in [1.29, 1.82) is 5.26 Å². The third-order valence-electron chi connectivity index (χ3n) is 5.22. The van der Waals surface area contributed by atoms with Crippen molar-refractivity contribution in [3.63, 3.8) is 0 Å². The number of ether oxygens (including phenoxy) is 1. The van der Waals surface area contributed by atoms with E-state index in [2.05, 4.69) is 16.1 Å². The van der Waals surface area contributed by atoms with Gasteiger partial charge in [0.15, 0.2) is 6.61 Å². The second-order valence-corrected chi connectivity index (χ2v) is 9.27. The van der Waals surface area contributed by atoms with Gasteiger partial charge >= 0.3 is 5.97 Å².